The van der Waals surface area contributed by atoms with Gasteiger partial charge in [0.1, 0.15) is 11.6 Å². The maximum Gasteiger partial charge on any atom is 0.411 e. The molecule has 0 aliphatic heterocycles. The first-order chi connectivity index (χ1) is 17.5. The fraction of sp³-hybridized carbons (Fsp3) is 0.172. The van der Waals surface area contributed by atoms with Crippen molar-refractivity contribution in [2.75, 3.05) is 0 Å². The Balaban J connectivity index is 1.70. The van der Waals surface area contributed by atoms with E-state index in [2.05, 4.69) is 0 Å². The van der Waals surface area contributed by atoms with Crippen LogP contribution in [0.3, 0.4) is 0 Å². The summed E-state index contributed by atoms with van der Waals surface area (Å²) in [5.74, 6) is -3.31. The number of fused-ring (bicyclic) bond motifs is 6. The molecule has 4 aromatic carbocycles. The molecule has 0 saturated carbocycles. The van der Waals surface area contributed by atoms with E-state index >= 15 is 8.78 Å². The van der Waals surface area contributed by atoms with Crippen LogP contribution in [0, 0.1) is 11.6 Å². The van der Waals surface area contributed by atoms with Crippen molar-refractivity contribution in [3.05, 3.63) is 118 Å². The summed E-state index contributed by atoms with van der Waals surface area (Å²) < 4.78 is 121. The van der Waals surface area contributed by atoms with Gasteiger partial charge in [-0.1, -0.05) is 72.8 Å². The second-order valence-electron chi connectivity index (χ2n) is 9.34. The molecule has 8 heteroatoms. The van der Waals surface area contributed by atoms with Crippen molar-refractivity contribution in [2.45, 2.75) is 30.6 Å². The molecule has 0 nitrogen and oxygen atoms in total. The molecule has 0 bridgehead atoms. The van der Waals surface area contributed by atoms with Crippen LogP contribution < -0.4 is 0 Å². The maximum absolute atomic E-state index is 16.0. The molecule has 0 heterocycles. The molecule has 37 heavy (non-hydrogen) atoms. The summed E-state index contributed by atoms with van der Waals surface area (Å²) in [6, 6.07) is 15.7. The Morgan fingerprint density at radius 3 is 1.22 bits per heavy atom. The Morgan fingerprint density at radius 1 is 0.459 bits per heavy atom. The summed E-state index contributed by atoms with van der Waals surface area (Å²) in [6.07, 6.45) is -11.9. The lowest BCUT2D eigenvalue weighted by Crippen LogP contribution is -2.56. The van der Waals surface area contributed by atoms with E-state index in [0.717, 1.165) is 12.1 Å². The Kier molecular flexibility index (Phi) is 4.91. The van der Waals surface area contributed by atoms with Gasteiger partial charge in [-0.2, -0.15) is 26.3 Å². The largest absolute Gasteiger partial charge is 0.411 e. The van der Waals surface area contributed by atoms with E-state index in [4.69, 9.17) is 0 Å². The topological polar surface area (TPSA) is 0 Å². The highest BCUT2D eigenvalue weighted by molar-refractivity contribution is 5.80. The normalized spacial score (nSPS) is 14.3. The van der Waals surface area contributed by atoms with E-state index in [-0.39, 0.29) is 46.2 Å². The maximum atomic E-state index is 16.0. The smallest absolute Gasteiger partial charge is 0.206 e. The van der Waals surface area contributed by atoms with Crippen LogP contribution in [0.5, 0.6) is 0 Å². The quantitative estimate of drug-likeness (QED) is 0.203. The SMILES string of the molecule is Fc1c(C(c2ccc3c(c2F)-c2ccccc2C3)(C(F)(F)F)C(F)(F)F)ccc2c1-c1ccccc1C2. The third-order valence-corrected chi connectivity index (χ3v) is 7.45. The second-order valence-corrected chi connectivity index (χ2v) is 9.34. The summed E-state index contributed by atoms with van der Waals surface area (Å²) >= 11 is 0. The molecule has 0 atom stereocenters. The number of rotatable bonds is 2. The Labute approximate surface area is 206 Å². The van der Waals surface area contributed by atoms with Crippen LogP contribution in [-0.4, -0.2) is 12.4 Å². The Bertz CT molecular complexity index is 1460. The Morgan fingerprint density at radius 2 is 0.838 bits per heavy atom. The zero-order valence-corrected chi connectivity index (χ0v) is 18.9. The minimum atomic E-state index is -6.12. The van der Waals surface area contributed by atoms with Crippen molar-refractivity contribution < 1.29 is 35.1 Å². The van der Waals surface area contributed by atoms with Crippen molar-refractivity contribution >= 4 is 0 Å². The molecule has 0 radical (unpaired) electrons. The van der Waals surface area contributed by atoms with E-state index in [9.17, 15) is 26.3 Å². The number of benzene rings is 4. The van der Waals surface area contributed by atoms with Crippen LogP contribution in [0.2, 0.25) is 0 Å². The van der Waals surface area contributed by atoms with Gasteiger partial charge in [0.15, 0.2) is 0 Å². The van der Waals surface area contributed by atoms with Gasteiger partial charge in [0.2, 0.25) is 5.41 Å². The van der Waals surface area contributed by atoms with Crippen LogP contribution in [0.15, 0.2) is 72.8 Å². The monoisotopic (exact) mass is 516 g/mol. The lowest BCUT2D eigenvalue weighted by Gasteiger charge is -2.39. The van der Waals surface area contributed by atoms with Gasteiger partial charge < -0.3 is 0 Å². The van der Waals surface area contributed by atoms with E-state index in [1.807, 2.05) is 0 Å². The summed E-state index contributed by atoms with van der Waals surface area (Å²) in [4.78, 5) is 0. The van der Waals surface area contributed by atoms with Crippen LogP contribution in [0.25, 0.3) is 22.3 Å². The van der Waals surface area contributed by atoms with Crippen molar-refractivity contribution in [1.29, 1.82) is 0 Å². The van der Waals surface area contributed by atoms with Crippen molar-refractivity contribution in [3.63, 3.8) is 0 Å². The molecular formula is C29H16F8. The lowest BCUT2D eigenvalue weighted by molar-refractivity contribution is -0.290. The molecule has 0 unspecified atom stereocenters. The number of halogens is 8. The van der Waals surface area contributed by atoms with Gasteiger partial charge in [0, 0.05) is 22.3 Å². The highest BCUT2D eigenvalue weighted by atomic mass is 19.4. The first-order valence-corrected chi connectivity index (χ1v) is 11.4. The zero-order valence-electron chi connectivity index (χ0n) is 18.9. The first-order valence-electron chi connectivity index (χ1n) is 11.4. The third kappa shape index (κ3) is 3.07. The zero-order chi connectivity index (χ0) is 26.3. The molecule has 2 aliphatic carbocycles. The molecule has 0 amide bonds. The highest BCUT2D eigenvalue weighted by Crippen LogP contribution is 2.59. The summed E-state index contributed by atoms with van der Waals surface area (Å²) in [5.41, 5.74) is -6.79. The number of alkyl halides is 6. The first kappa shape index (κ1) is 23.7. The highest BCUT2D eigenvalue weighted by Gasteiger charge is 2.74. The fourth-order valence-corrected chi connectivity index (χ4v) is 5.85. The third-order valence-electron chi connectivity index (χ3n) is 7.45. The van der Waals surface area contributed by atoms with Crippen molar-refractivity contribution in [3.8, 4) is 22.3 Å². The second kappa shape index (κ2) is 7.66. The van der Waals surface area contributed by atoms with Crippen LogP contribution in [0.4, 0.5) is 35.1 Å². The fourth-order valence-electron chi connectivity index (χ4n) is 5.85. The van der Waals surface area contributed by atoms with E-state index in [1.54, 1.807) is 24.3 Å². The predicted molar refractivity (Wildman–Crippen MR) is 122 cm³/mol. The molecule has 188 valence electrons. The molecule has 0 spiro atoms. The lowest BCUT2D eigenvalue weighted by atomic mass is 9.71. The number of hydrogen-bond donors (Lipinski definition) is 0. The molecule has 0 N–H and O–H groups in total. The minimum absolute atomic E-state index is 0.164. The van der Waals surface area contributed by atoms with E-state index in [1.165, 1.54) is 24.3 Å². The van der Waals surface area contributed by atoms with Gasteiger partial charge in [-0.05, 0) is 46.2 Å². The molecule has 0 fully saturated rings. The van der Waals surface area contributed by atoms with Crippen LogP contribution in [-0.2, 0) is 18.3 Å². The summed E-state index contributed by atoms with van der Waals surface area (Å²) in [7, 11) is 0. The molecule has 6 rings (SSSR count). The van der Waals surface area contributed by atoms with Gasteiger partial charge in [-0.25, -0.2) is 8.78 Å². The minimum Gasteiger partial charge on any atom is -0.206 e. The molecule has 0 aromatic heterocycles. The molecule has 2 aliphatic rings. The van der Waals surface area contributed by atoms with Gasteiger partial charge >= 0.3 is 12.4 Å². The van der Waals surface area contributed by atoms with Gasteiger partial charge in [-0.3, -0.25) is 0 Å². The van der Waals surface area contributed by atoms with Gasteiger partial charge in [0.25, 0.3) is 0 Å². The van der Waals surface area contributed by atoms with Gasteiger partial charge in [-0.15, -0.1) is 0 Å². The van der Waals surface area contributed by atoms with Crippen molar-refractivity contribution in [2.24, 2.45) is 0 Å². The molecular weight excluding hydrogens is 500 g/mol. The average molecular weight is 516 g/mol. The summed E-state index contributed by atoms with van der Waals surface area (Å²) in [5, 5.41) is 0. The molecule has 0 saturated heterocycles. The average Bonchev–Trinajstić information content (AvgIpc) is 3.39. The van der Waals surface area contributed by atoms with Crippen LogP contribution >= 0.6 is 0 Å². The van der Waals surface area contributed by atoms with E-state index < -0.39 is 40.5 Å². The van der Waals surface area contributed by atoms with Crippen LogP contribution in [0.1, 0.15) is 33.4 Å². The van der Waals surface area contributed by atoms with Gasteiger partial charge in [0.05, 0.1) is 0 Å². The summed E-state index contributed by atoms with van der Waals surface area (Å²) in [6.45, 7) is 0. The molecule has 4 aromatic rings. The van der Waals surface area contributed by atoms with Crippen molar-refractivity contribution in [1.82, 2.24) is 0 Å². The standard InChI is InChI=1S/C29H16F8/c30-25-21(11-9-17-13-15-5-1-3-7-19(15)23(17)25)27(28(32,33)34,29(35,36)37)22-12-10-18-14-16-6-2-4-8-20(16)24(18)26(22)31/h1-12H,13-14H2. The Hall–Kier alpha value is -3.68. The number of hydrogen-bond acceptors (Lipinski definition) is 0. The predicted octanol–water partition coefficient (Wildman–Crippen LogP) is 8.52. The van der Waals surface area contributed by atoms with E-state index in [0.29, 0.717) is 23.3 Å².